The van der Waals surface area contributed by atoms with E-state index >= 15 is 0 Å². The molecule has 0 aromatic carbocycles. The SMILES string of the molecule is C=CC(=O)OCCOC1O[C@H](CO)[C@@H](O)[C@H](O)[C@H]1O. The molecule has 0 amide bonds. The van der Waals surface area contributed by atoms with Crippen LogP contribution < -0.4 is 0 Å². The third-order valence-corrected chi connectivity index (χ3v) is 2.62. The molecular weight excluding hydrogens is 260 g/mol. The zero-order valence-electron chi connectivity index (χ0n) is 10.2. The van der Waals surface area contributed by atoms with Crippen LogP contribution in [0.25, 0.3) is 0 Å². The molecule has 0 bridgehead atoms. The zero-order valence-corrected chi connectivity index (χ0v) is 10.2. The smallest absolute Gasteiger partial charge is 0.330 e. The number of esters is 1. The average molecular weight is 278 g/mol. The van der Waals surface area contributed by atoms with Crippen LogP contribution in [0.5, 0.6) is 0 Å². The maximum Gasteiger partial charge on any atom is 0.330 e. The highest BCUT2D eigenvalue weighted by Gasteiger charge is 2.43. The van der Waals surface area contributed by atoms with Crippen LogP contribution in [0.1, 0.15) is 0 Å². The number of ether oxygens (including phenoxy) is 3. The van der Waals surface area contributed by atoms with Gasteiger partial charge in [0.25, 0.3) is 0 Å². The molecule has 8 heteroatoms. The van der Waals surface area contributed by atoms with Crippen molar-refractivity contribution in [2.45, 2.75) is 30.7 Å². The number of aliphatic hydroxyl groups is 4. The van der Waals surface area contributed by atoms with Gasteiger partial charge in [-0.3, -0.25) is 0 Å². The minimum absolute atomic E-state index is 0.0811. The fourth-order valence-corrected chi connectivity index (χ4v) is 1.57. The van der Waals surface area contributed by atoms with Crippen molar-refractivity contribution < 1.29 is 39.4 Å². The number of rotatable bonds is 6. The van der Waals surface area contributed by atoms with E-state index in [0.29, 0.717) is 0 Å². The van der Waals surface area contributed by atoms with Gasteiger partial charge in [0.05, 0.1) is 13.2 Å². The normalized spacial score (nSPS) is 34.8. The third kappa shape index (κ3) is 4.23. The molecule has 1 heterocycles. The monoisotopic (exact) mass is 278 g/mol. The van der Waals surface area contributed by atoms with E-state index in [-0.39, 0.29) is 13.2 Å². The summed E-state index contributed by atoms with van der Waals surface area (Å²) in [6.07, 6.45) is -5.65. The van der Waals surface area contributed by atoms with E-state index in [0.717, 1.165) is 6.08 Å². The van der Waals surface area contributed by atoms with Crippen LogP contribution in [0.4, 0.5) is 0 Å². The Bertz CT molecular complexity index is 305. The molecule has 0 saturated carbocycles. The van der Waals surface area contributed by atoms with Gasteiger partial charge in [-0.05, 0) is 0 Å². The molecule has 1 rings (SSSR count). The fraction of sp³-hybridized carbons (Fsp3) is 0.727. The molecule has 0 aromatic rings. The molecule has 0 aromatic heterocycles. The van der Waals surface area contributed by atoms with Crippen LogP contribution in [-0.4, -0.2) is 76.9 Å². The van der Waals surface area contributed by atoms with Crippen molar-refractivity contribution in [3.05, 3.63) is 12.7 Å². The second-order valence-corrected chi connectivity index (χ2v) is 3.94. The highest BCUT2D eigenvalue weighted by molar-refractivity contribution is 5.81. The van der Waals surface area contributed by atoms with Crippen molar-refractivity contribution in [3.63, 3.8) is 0 Å². The van der Waals surface area contributed by atoms with Crippen LogP contribution in [0.3, 0.4) is 0 Å². The maximum absolute atomic E-state index is 10.7. The van der Waals surface area contributed by atoms with Crippen LogP contribution >= 0.6 is 0 Å². The Morgan fingerprint density at radius 3 is 2.47 bits per heavy atom. The van der Waals surface area contributed by atoms with E-state index in [2.05, 4.69) is 11.3 Å². The Kier molecular flexibility index (Phi) is 6.35. The molecule has 4 N–H and O–H groups in total. The molecule has 8 nitrogen and oxygen atoms in total. The Morgan fingerprint density at radius 1 is 1.21 bits per heavy atom. The van der Waals surface area contributed by atoms with Crippen LogP contribution in [0.2, 0.25) is 0 Å². The Hall–Kier alpha value is -1.03. The van der Waals surface area contributed by atoms with Crippen molar-refractivity contribution in [1.29, 1.82) is 0 Å². The average Bonchev–Trinajstić information content (AvgIpc) is 2.42. The minimum Gasteiger partial charge on any atom is -0.460 e. The molecule has 0 aliphatic carbocycles. The molecule has 1 fully saturated rings. The van der Waals surface area contributed by atoms with Crippen molar-refractivity contribution in [2.75, 3.05) is 19.8 Å². The lowest BCUT2D eigenvalue weighted by molar-refractivity contribution is -0.302. The van der Waals surface area contributed by atoms with E-state index in [1.54, 1.807) is 0 Å². The number of carbonyl (C=O) groups is 1. The second-order valence-electron chi connectivity index (χ2n) is 3.94. The van der Waals surface area contributed by atoms with Crippen molar-refractivity contribution >= 4 is 5.97 Å². The number of hydrogen-bond acceptors (Lipinski definition) is 8. The fourth-order valence-electron chi connectivity index (χ4n) is 1.57. The van der Waals surface area contributed by atoms with Crippen molar-refractivity contribution in [3.8, 4) is 0 Å². The molecule has 1 aliphatic heterocycles. The summed E-state index contributed by atoms with van der Waals surface area (Å²) in [5, 5.41) is 37.6. The van der Waals surface area contributed by atoms with Gasteiger partial charge in [-0.15, -0.1) is 0 Å². The first-order valence-corrected chi connectivity index (χ1v) is 5.72. The van der Waals surface area contributed by atoms with Crippen molar-refractivity contribution in [1.82, 2.24) is 0 Å². The van der Waals surface area contributed by atoms with E-state index in [4.69, 9.17) is 14.6 Å². The molecule has 5 atom stereocenters. The summed E-state index contributed by atoms with van der Waals surface area (Å²) in [6, 6.07) is 0. The molecule has 1 saturated heterocycles. The van der Waals surface area contributed by atoms with Gasteiger partial charge in [0.15, 0.2) is 6.29 Å². The molecule has 1 unspecified atom stereocenters. The molecule has 1 aliphatic rings. The first kappa shape index (κ1) is 16.0. The van der Waals surface area contributed by atoms with Gasteiger partial charge in [0.1, 0.15) is 31.0 Å². The quantitative estimate of drug-likeness (QED) is 0.239. The van der Waals surface area contributed by atoms with Gasteiger partial charge in [-0.1, -0.05) is 6.58 Å². The largest absolute Gasteiger partial charge is 0.460 e. The Labute approximate surface area is 109 Å². The maximum atomic E-state index is 10.7. The summed E-state index contributed by atoms with van der Waals surface area (Å²) in [4.78, 5) is 10.7. The number of carbonyl (C=O) groups excluding carboxylic acids is 1. The molecule has 0 radical (unpaired) electrons. The van der Waals surface area contributed by atoms with E-state index in [9.17, 15) is 20.1 Å². The minimum atomic E-state index is -1.49. The lowest BCUT2D eigenvalue weighted by atomic mass is 9.99. The second kappa shape index (κ2) is 7.53. The van der Waals surface area contributed by atoms with Crippen LogP contribution in [-0.2, 0) is 19.0 Å². The van der Waals surface area contributed by atoms with Gasteiger partial charge < -0.3 is 34.6 Å². The highest BCUT2D eigenvalue weighted by atomic mass is 16.7. The molecule has 0 spiro atoms. The van der Waals surface area contributed by atoms with E-state index < -0.39 is 43.3 Å². The van der Waals surface area contributed by atoms with E-state index in [1.807, 2.05) is 0 Å². The van der Waals surface area contributed by atoms with Gasteiger partial charge >= 0.3 is 5.97 Å². The standard InChI is InChI=1S/C11H18O8/c1-2-7(13)17-3-4-18-11-10(16)9(15)8(14)6(5-12)19-11/h2,6,8-12,14-16H,1,3-5H2/t6-,8-,9+,10-,11?/m1/s1. The van der Waals surface area contributed by atoms with Gasteiger partial charge in [-0.2, -0.15) is 0 Å². The lowest BCUT2D eigenvalue weighted by Gasteiger charge is -2.39. The zero-order chi connectivity index (χ0) is 14.4. The van der Waals surface area contributed by atoms with Gasteiger partial charge in [0, 0.05) is 6.08 Å². The number of hydrogen-bond donors (Lipinski definition) is 4. The summed E-state index contributed by atoms with van der Waals surface area (Å²) in [6.45, 7) is 2.52. The Morgan fingerprint density at radius 2 is 1.89 bits per heavy atom. The number of aliphatic hydroxyl groups excluding tert-OH is 4. The highest BCUT2D eigenvalue weighted by Crippen LogP contribution is 2.21. The summed E-state index contributed by atoms with van der Waals surface area (Å²) in [7, 11) is 0. The predicted octanol–water partition coefficient (Wildman–Crippen LogP) is -2.47. The summed E-state index contributed by atoms with van der Waals surface area (Å²) < 4.78 is 14.8. The molecule has 19 heavy (non-hydrogen) atoms. The molecule has 110 valence electrons. The van der Waals surface area contributed by atoms with Gasteiger partial charge in [0.2, 0.25) is 0 Å². The lowest BCUT2D eigenvalue weighted by Crippen LogP contribution is -2.59. The first-order valence-electron chi connectivity index (χ1n) is 5.72. The van der Waals surface area contributed by atoms with Crippen LogP contribution in [0, 0.1) is 0 Å². The first-order chi connectivity index (χ1) is 9.01. The summed E-state index contributed by atoms with van der Waals surface area (Å²) in [5.41, 5.74) is 0. The topological polar surface area (TPSA) is 126 Å². The molecular formula is C11H18O8. The summed E-state index contributed by atoms with van der Waals surface area (Å²) >= 11 is 0. The summed E-state index contributed by atoms with van der Waals surface area (Å²) in [5.74, 6) is -0.614. The third-order valence-electron chi connectivity index (χ3n) is 2.62. The van der Waals surface area contributed by atoms with Crippen LogP contribution in [0.15, 0.2) is 12.7 Å². The van der Waals surface area contributed by atoms with Gasteiger partial charge in [-0.25, -0.2) is 4.79 Å². The van der Waals surface area contributed by atoms with E-state index in [1.165, 1.54) is 0 Å². The Balaban J connectivity index is 2.39. The predicted molar refractivity (Wildman–Crippen MR) is 60.9 cm³/mol. The van der Waals surface area contributed by atoms with Crippen molar-refractivity contribution in [2.24, 2.45) is 0 Å².